The zero-order valence-electron chi connectivity index (χ0n) is 8.51. The number of ether oxygens (including phenoxy) is 1. The summed E-state index contributed by atoms with van der Waals surface area (Å²) in [6.07, 6.45) is 3.38. The van der Waals surface area contributed by atoms with Crippen molar-refractivity contribution in [3.8, 4) is 0 Å². The fourth-order valence-corrected chi connectivity index (χ4v) is 1.32. The molecule has 76 valence electrons. The Bertz CT molecular complexity index is 187. The molecule has 0 bridgehead atoms. The van der Waals surface area contributed by atoms with Crippen molar-refractivity contribution in [2.75, 3.05) is 13.7 Å². The molecular weight excluding hydrogens is 166 g/mol. The molecule has 1 saturated carbocycles. The van der Waals surface area contributed by atoms with Gasteiger partial charge in [-0.25, -0.2) is 0 Å². The fourth-order valence-electron chi connectivity index (χ4n) is 1.32. The normalized spacial score (nSPS) is 21.2. The molecule has 2 N–H and O–H groups in total. The lowest BCUT2D eigenvalue weighted by Crippen LogP contribution is -2.28. The second kappa shape index (κ2) is 4.20. The van der Waals surface area contributed by atoms with Gasteiger partial charge >= 0.3 is 0 Å². The second-order valence-electron chi connectivity index (χ2n) is 4.23. The minimum atomic E-state index is -0.0233. The van der Waals surface area contributed by atoms with E-state index in [-0.39, 0.29) is 11.5 Å². The Morgan fingerprint density at radius 1 is 1.62 bits per heavy atom. The van der Waals surface area contributed by atoms with Gasteiger partial charge in [-0.2, -0.15) is 0 Å². The van der Waals surface area contributed by atoms with E-state index in [4.69, 9.17) is 10.5 Å². The summed E-state index contributed by atoms with van der Waals surface area (Å²) in [4.78, 5) is 11.6. The van der Waals surface area contributed by atoms with Crippen LogP contribution in [0.25, 0.3) is 0 Å². The van der Waals surface area contributed by atoms with Crippen molar-refractivity contribution in [1.82, 2.24) is 0 Å². The van der Waals surface area contributed by atoms with Crippen LogP contribution in [0.2, 0.25) is 0 Å². The molecular formula is C10H19NO2. The smallest absolute Gasteiger partial charge is 0.140 e. The van der Waals surface area contributed by atoms with Crippen LogP contribution in [0, 0.1) is 5.41 Å². The monoisotopic (exact) mass is 185 g/mol. The molecule has 1 unspecified atom stereocenters. The Hall–Kier alpha value is -0.410. The molecule has 1 fully saturated rings. The van der Waals surface area contributed by atoms with Gasteiger partial charge in [0, 0.05) is 31.6 Å². The molecule has 13 heavy (non-hydrogen) atoms. The van der Waals surface area contributed by atoms with Crippen LogP contribution in [0.5, 0.6) is 0 Å². The van der Waals surface area contributed by atoms with Gasteiger partial charge in [0.15, 0.2) is 0 Å². The molecule has 0 saturated heterocycles. The van der Waals surface area contributed by atoms with Crippen LogP contribution in [0.15, 0.2) is 0 Å². The van der Waals surface area contributed by atoms with Gasteiger partial charge in [0.2, 0.25) is 0 Å². The Morgan fingerprint density at radius 2 is 2.23 bits per heavy atom. The van der Waals surface area contributed by atoms with E-state index < -0.39 is 0 Å². The highest BCUT2D eigenvalue weighted by atomic mass is 16.5. The van der Waals surface area contributed by atoms with Gasteiger partial charge in [-0.05, 0) is 19.3 Å². The predicted octanol–water partition coefficient (Wildman–Crippen LogP) is 1.11. The number of hydrogen-bond donors (Lipinski definition) is 1. The largest absolute Gasteiger partial charge is 0.385 e. The number of methoxy groups -OCH3 is 1. The van der Waals surface area contributed by atoms with Crippen molar-refractivity contribution in [3.05, 3.63) is 0 Å². The topological polar surface area (TPSA) is 52.3 Å². The Morgan fingerprint density at radius 3 is 2.69 bits per heavy atom. The standard InChI is InChI=1S/C10H19NO2/c1-10(4-5-10)9(12)7-8(11)3-6-13-2/h8H,3-7,11H2,1-2H3. The summed E-state index contributed by atoms with van der Waals surface area (Å²) >= 11 is 0. The quantitative estimate of drug-likeness (QED) is 0.674. The highest BCUT2D eigenvalue weighted by Gasteiger charge is 2.44. The number of carbonyl (C=O) groups excluding carboxylic acids is 1. The average molecular weight is 185 g/mol. The first kappa shape index (κ1) is 10.7. The van der Waals surface area contributed by atoms with E-state index in [0.717, 1.165) is 19.3 Å². The minimum Gasteiger partial charge on any atom is -0.385 e. The van der Waals surface area contributed by atoms with E-state index in [1.54, 1.807) is 7.11 Å². The lowest BCUT2D eigenvalue weighted by molar-refractivity contribution is -0.124. The molecule has 0 aromatic rings. The van der Waals surface area contributed by atoms with Crippen LogP contribution >= 0.6 is 0 Å². The van der Waals surface area contributed by atoms with Gasteiger partial charge in [0.25, 0.3) is 0 Å². The first-order chi connectivity index (χ1) is 6.08. The third-order valence-corrected chi connectivity index (χ3v) is 2.81. The summed E-state index contributed by atoms with van der Waals surface area (Å²) in [5.41, 5.74) is 5.76. The van der Waals surface area contributed by atoms with E-state index in [0.29, 0.717) is 18.8 Å². The highest BCUT2D eigenvalue weighted by molar-refractivity contribution is 5.87. The van der Waals surface area contributed by atoms with Gasteiger partial charge < -0.3 is 10.5 Å². The molecule has 3 heteroatoms. The van der Waals surface area contributed by atoms with Crippen LogP contribution < -0.4 is 5.73 Å². The third kappa shape index (κ3) is 3.08. The van der Waals surface area contributed by atoms with Crippen LogP contribution in [0.3, 0.4) is 0 Å². The number of nitrogens with two attached hydrogens (primary N) is 1. The number of hydrogen-bond acceptors (Lipinski definition) is 3. The lowest BCUT2D eigenvalue weighted by Gasteiger charge is -2.12. The molecule has 0 heterocycles. The van der Waals surface area contributed by atoms with E-state index >= 15 is 0 Å². The van der Waals surface area contributed by atoms with E-state index in [9.17, 15) is 4.79 Å². The molecule has 0 radical (unpaired) electrons. The van der Waals surface area contributed by atoms with E-state index in [1.807, 2.05) is 6.92 Å². The van der Waals surface area contributed by atoms with Crippen molar-refractivity contribution in [2.45, 2.75) is 38.6 Å². The molecule has 0 aliphatic heterocycles. The Labute approximate surface area is 79.6 Å². The lowest BCUT2D eigenvalue weighted by atomic mass is 9.97. The molecule has 1 aliphatic rings. The van der Waals surface area contributed by atoms with E-state index in [2.05, 4.69) is 0 Å². The zero-order chi connectivity index (χ0) is 9.90. The van der Waals surface area contributed by atoms with Gasteiger partial charge in [-0.1, -0.05) is 6.92 Å². The summed E-state index contributed by atoms with van der Waals surface area (Å²) in [6.45, 7) is 2.67. The molecule has 1 aliphatic carbocycles. The first-order valence-electron chi connectivity index (χ1n) is 4.86. The third-order valence-electron chi connectivity index (χ3n) is 2.81. The Kier molecular flexibility index (Phi) is 3.45. The SMILES string of the molecule is COCCC(N)CC(=O)C1(C)CC1. The van der Waals surface area contributed by atoms with Crippen molar-refractivity contribution < 1.29 is 9.53 Å². The van der Waals surface area contributed by atoms with Crippen molar-refractivity contribution in [3.63, 3.8) is 0 Å². The van der Waals surface area contributed by atoms with Crippen LogP contribution in [0.1, 0.15) is 32.6 Å². The summed E-state index contributed by atoms with van der Waals surface area (Å²) < 4.78 is 4.90. The van der Waals surface area contributed by atoms with E-state index in [1.165, 1.54) is 0 Å². The average Bonchev–Trinajstić information content (AvgIpc) is 2.81. The molecule has 3 nitrogen and oxygen atoms in total. The number of rotatable bonds is 6. The molecule has 1 atom stereocenters. The molecule has 0 aromatic carbocycles. The van der Waals surface area contributed by atoms with Gasteiger partial charge in [0.1, 0.15) is 5.78 Å². The maximum atomic E-state index is 11.6. The Balaban J connectivity index is 2.19. The summed E-state index contributed by atoms with van der Waals surface area (Å²) in [5.74, 6) is 0.330. The highest BCUT2D eigenvalue weighted by Crippen LogP contribution is 2.46. The molecule has 0 amide bonds. The molecule has 0 spiro atoms. The van der Waals surface area contributed by atoms with Gasteiger partial charge in [0.05, 0.1) is 0 Å². The maximum Gasteiger partial charge on any atom is 0.140 e. The second-order valence-corrected chi connectivity index (χ2v) is 4.23. The number of ketones is 1. The van der Waals surface area contributed by atoms with Crippen LogP contribution in [-0.2, 0) is 9.53 Å². The molecule has 1 rings (SSSR count). The molecule has 0 aromatic heterocycles. The number of Topliss-reactive ketones (excluding diaryl/α,β-unsaturated/α-hetero) is 1. The van der Waals surface area contributed by atoms with Crippen LogP contribution in [0.4, 0.5) is 0 Å². The van der Waals surface area contributed by atoms with Crippen molar-refractivity contribution in [1.29, 1.82) is 0 Å². The first-order valence-corrected chi connectivity index (χ1v) is 4.86. The number of carbonyl (C=O) groups is 1. The maximum absolute atomic E-state index is 11.6. The zero-order valence-corrected chi connectivity index (χ0v) is 8.51. The minimum absolute atomic E-state index is 0.0231. The van der Waals surface area contributed by atoms with Crippen LogP contribution in [-0.4, -0.2) is 25.5 Å². The van der Waals surface area contributed by atoms with Crippen molar-refractivity contribution >= 4 is 5.78 Å². The van der Waals surface area contributed by atoms with Gasteiger partial charge in [-0.15, -0.1) is 0 Å². The fraction of sp³-hybridized carbons (Fsp3) is 0.900. The van der Waals surface area contributed by atoms with Crippen molar-refractivity contribution in [2.24, 2.45) is 11.1 Å². The predicted molar refractivity (Wildman–Crippen MR) is 51.4 cm³/mol. The summed E-state index contributed by atoms with van der Waals surface area (Å²) in [7, 11) is 1.65. The summed E-state index contributed by atoms with van der Waals surface area (Å²) in [6, 6.07) is -0.0233. The summed E-state index contributed by atoms with van der Waals surface area (Å²) in [5, 5.41) is 0. The van der Waals surface area contributed by atoms with Gasteiger partial charge in [-0.3, -0.25) is 4.79 Å².